The third kappa shape index (κ3) is 3.04. The van der Waals surface area contributed by atoms with Gasteiger partial charge in [-0.1, -0.05) is 19.1 Å². The Bertz CT molecular complexity index is 292. The number of phenols is 1. The second-order valence-corrected chi connectivity index (χ2v) is 3.68. The SMILES string of the molecule is CCc1ccc(COC(C)C)cc1O. The first kappa shape index (κ1) is 11.1. The molecule has 0 bridgehead atoms. The summed E-state index contributed by atoms with van der Waals surface area (Å²) in [6, 6.07) is 5.73. The molecule has 2 heteroatoms. The van der Waals surface area contributed by atoms with Crippen LogP contribution < -0.4 is 0 Å². The Kier molecular flexibility index (Phi) is 3.96. The van der Waals surface area contributed by atoms with Gasteiger partial charge in [0.05, 0.1) is 12.7 Å². The lowest BCUT2D eigenvalue weighted by Crippen LogP contribution is -2.02. The molecule has 1 N–H and O–H groups in total. The minimum Gasteiger partial charge on any atom is -0.508 e. The van der Waals surface area contributed by atoms with Gasteiger partial charge >= 0.3 is 0 Å². The van der Waals surface area contributed by atoms with E-state index in [1.54, 1.807) is 6.07 Å². The Morgan fingerprint density at radius 3 is 2.57 bits per heavy atom. The number of rotatable bonds is 4. The van der Waals surface area contributed by atoms with Crippen LogP contribution >= 0.6 is 0 Å². The molecule has 0 atom stereocenters. The van der Waals surface area contributed by atoms with Gasteiger partial charge < -0.3 is 9.84 Å². The van der Waals surface area contributed by atoms with Gasteiger partial charge in [-0.3, -0.25) is 0 Å². The maximum atomic E-state index is 9.60. The van der Waals surface area contributed by atoms with Gasteiger partial charge in [0.1, 0.15) is 5.75 Å². The van der Waals surface area contributed by atoms with E-state index >= 15 is 0 Å². The summed E-state index contributed by atoms with van der Waals surface area (Å²) in [6.07, 6.45) is 1.08. The summed E-state index contributed by atoms with van der Waals surface area (Å²) in [5.41, 5.74) is 2.01. The van der Waals surface area contributed by atoms with Crippen LogP contribution in [-0.2, 0) is 17.8 Å². The zero-order valence-electron chi connectivity index (χ0n) is 9.08. The van der Waals surface area contributed by atoms with Crippen molar-refractivity contribution in [1.82, 2.24) is 0 Å². The molecule has 0 saturated carbocycles. The predicted molar refractivity (Wildman–Crippen MR) is 57.4 cm³/mol. The average Bonchev–Trinajstić information content (AvgIpc) is 2.15. The number of hydrogen-bond donors (Lipinski definition) is 1. The minimum absolute atomic E-state index is 0.225. The van der Waals surface area contributed by atoms with Gasteiger partial charge in [0.15, 0.2) is 0 Å². The maximum Gasteiger partial charge on any atom is 0.119 e. The molecule has 0 aliphatic rings. The van der Waals surface area contributed by atoms with Crippen LogP contribution in [-0.4, -0.2) is 11.2 Å². The van der Waals surface area contributed by atoms with Crippen LogP contribution in [0.3, 0.4) is 0 Å². The van der Waals surface area contributed by atoms with E-state index in [2.05, 4.69) is 0 Å². The second kappa shape index (κ2) is 5.01. The largest absolute Gasteiger partial charge is 0.508 e. The lowest BCUT2D eigenvalue weighted by atomic mass is 10.1. The van der Waals surface area contributed by atoms with Crippen LogP contribution in [0, 0.1) is 0 Å². The van der Waals surface area contributed by atoms with Crippen molar-refractivity contribution in [3.8, 4) is 5.75 Å². The van der Waals surface area contributed by atoms with Crippen molar-refractivity contribution in [3.05, 3.63) is 29.3 Å². The molecule has 0 fully saturated rings. The monoisotopic (exact) mass is 194 g/mol. The van der Waals surface area contributed by atoms with Gasteiger partial charge in [-0.15, -0.1) is 0 Å². The van der Waals surface area contributed by atoms with E-state index in [9.17, 15) is 5.11 Å². The number of aryl methyl sites for hydroxylation is 1. The molecule has 2 nitrogen and oxygen atoms in total. The maximum absolute atomic E-state index is 9.60. The average molecular weight is 194 g/mol. The number of ether oxygens (including phenoxy) is 1. The van der Waals surface area contributed by atoms with Crippen molar-refractivity contribution in [2.45, 2.75) is 39.9 Å². The van der Waals surface area contributed by atoms with Gasteiger partial charge in [-0.05, 0) is 37.5 Å². The van der Waals surface area contributed by atoms with E-state index in [1.165, 1.54) is 0 Å². The highest BCUT2D eigenvalue weighted by Crippen LogP contribution is 2.19. The third-order valence-electron chi connectivity index (χ3n) is 2.11. The topological polar surface area (TPSA) is 29.5 Å². The summed E-state index contributed by atoms with van der Waals surface area (Å²) in [5.74, 6) is 0.373. The molecule has 1 rings (SSSR count). The molecule has 0 amide bonds. The van der Waals surface area contributed by atoms with Crippen LogP contribution in [0.4, 0.5) is 0 Å². The van der Waals surface area contributed by atoms with Crippen molar-refractivity contribution >= 4 is 0 Å². The van der Waals surface area contributed by atoms with E-state index in [-0.39, 0.29) is 6.10 Å². The quantitative estimate of drug-likeness (QED) is 0.798. The Balaban J connectivity index is 2.66. The molecule has 0 aromatic heterocycles. The van der Waals surface area contributed by atoms with E-state index in [4.69, 9.17) is 4.74 Å². The zero-order valence-corrected chi connectivity index (χ0v) is 9.08. The number of benzene rings is 1. The van der Waals surface area contributed by atoms with E-state index in [0.29, 0.717) is 12.4 Å². The first-order valence-corrected chi connectivity index (χ1v) is 5.05. The highest BCUT2D eigenvalue weighted by Gasteiger charge is 2.01. The molecule has 1 aromatic rings. The van der Waals surface area contributed by atoms with Crippen LogP contribution in [0.15, 0.2) is 18.2 Å². The van der Waals surface area contributed by atoms with E-state index < -0.39 is 0 Å². The Morgan fingerprint density at radius 1 is 1.36 bits per heavy atom. The van der Waals surface area contributed by atoms with Crippen molar-refractivity contribution < 1.29 is 9.84 Å². The van der Waals surface area contributed by atoms with Gasteiger partial charge in [0.25, 0.3) is 0 Å². The molecular formula is C12H18O2. The Morgan fingerprint density at radius 2 is 2.07 bits per heavy atom. The molecule has 0 heterocycles. The molecule has 78 valence electrons. The summed E-state index contributed by atoms with van der Waals surface area (Å²) in [5, 5.41) is 9.60. The molecule has 1 aromatic carbocycles. The van der Waals surface area contributed by atoms with Crippen molar-refractivity contribution in [3.63, 3.8) is 0 Å². The fourth-order valence-electron chi connectivity index (χ4n) is 1.26. The van der Waals surface area contributed by atoms with Crippen molar-refractivity contribution in [1.29, 1.82) is 0 Å². The lowest BCUT2D eigenvalue weighted by molar-refractivity contribution is 0.0656. The molecule has 14 heavy (non-hydrogen) atoms. The van der Waals surface area contributed by atoms with Crippen molar-refractivity contribution in [2.24, 2.45) is 0 Å². The fourth-order valence-corrected chi connectivity index (χ4v) is 1.26. The lowest BCUT2D eigenvalue weighted by Gasteiger charge is -2.09. The zero-order chi connectivity index (χ0) is 10.6. The first-order valence-electron chi connectivity index (χ1n) is 5.05. The molecular weight excluding hydrogens is 176 g/mol. The molecule has 0 aliphatic heterocycles. The molecule has 0 radical (unpaired) electrons. The van der Waals surface area contributed by atoms with Crippen molar-refractivity contribution in [2.75, 3.05) is 0 Å². The summed E-state index contributed by atoms with van der Waals surface area (Å²) in [7, 11) is 0. The first-order chi connectivity index (χ1) is 6.63. The van der Waals surface area contributed by atoms with Gasteiger partial charge in [0.2, 0.25) is 0 Å². The van der Waals surface area contributed by atoms with Crippen LogP contribution in [0.2, 0.25) is 0 Å². The highest BCUT2D eigenvalue weighted by molar-refractivity contribution is 5.36. The second-order valence-electron chi connectivity index (χ2n) is 3.68. The molecule has 0 unspecified atom stereocenters. The van der Waals surface area contributed by atoms with Gasteiger partial charge in [0, 0.05) is 0 Å². The summed E-state index contributed by atoms with van der Waals surface area (Å²) in [6.45, 7) is 6.59. The van der Waals surface area contributed by atoms with Crippen LogP contribution in [0.25, 0.3) is 0 Å². The third-order valence-corrected chi connectivity index (χ3v) is 2.11. The van der Waals surface area contributed by atoms with Gasteiger partial charge in [-0.2, -0.15) is 0 Å². The van der Waals surface area contributed by atoms with E-state index in [1.807, 2.05) is 32.9 Å². The summed E-state index contributed by atoms with van der Waals surface area (Å²) >= 11 is 0. The summed E-state index contributed by atoms with van der Waals surface area (Å²) in [4.78, 5) is 0. The van der Waals surface area contributed by atoms with Crippen LogP contribution in [0.1, 0.15) is 31.9 Å². The predicted octanol–water partition coefficient (Wildman–Crippen LogP) is 2.88. The number of hydrogen-bond acceptors (Lipinski definition) is 2. The molecule has 0 aliphatic carbocycles. The number of aromatic hydroxyl groups is 1. The normalized spacial score (nSPS) is 10.9. The summed E-state index contributed by atoms with van der Waals surface area (Å²) < 4.78 is 5.45. The Labute approximate surface area is 85.5 Å². The van der Waals surface area contributed by atoms with E-state index in [0.717, 1.165) is 17.5 Å². The number of phenolic OH excluding ortho intramolecular Hbond substituents is 1. The molecule has 0 spiro atoms. The standard InChI is InChI=1S/C12H18O2/c1-4-11-6-5-10(7-12(11)13)8-14-9(2)3/h5-7,9,13H,4,8H2,1-3H3. The minimum atomic E-state index is 0.225. The fraction of sp³-hybridized carbons (Fsp3) is 0.500. The highest BCUT2D eigenvalue weighted by atomic mass is 16.5. The van der Waals surface area contributed by atoms with Gasteiger partial charge in [-0.25, -0.2) is 0 Å². The Hall–Kier alpha value is -1.02. The molecule has 0 saturated heterocycles. The van der Waals surface area contributed by atoms with Crippen LogP contribution in [0.5, 0.6) is 5.75 Å². The smallest absolute Gasteiger partial charge is 0.119 e.